The Morgan fingerprint density at radius 2 is 1.78 bits per heavy atom. The zero-order valence-corrected chi connectivity index (χ0v) is 15.6. The second kappa shape index (κ2) is 6.88. The summed E-state index contributed by atoms with van der Waals surface area (Å²) in [5, 5.41) is 0. The van der Waals surface area contributed by atoms with Gasteiger partial charge in [0.25, 0.3) is 11.5 Å². The molecule has 4 nitrogen and oxygen atoms in total. The Morgan fingerprint density at radius 1 is 1.04 bits per heavy atom. The molecule has 0 aliphatic carbocycles. The van der Waals surface area contributed by atoms with Gasteiger partial charge in [0.05, 0.1) is 6.54 Å². The van der Waals surface area contributed by atoms with Gasteiger partial charge in [0, 0.05) is 17.9 Å². The molecule has 0 radical (unpaired) electrons. The highest BCUT2D eigenvalue weighted by Gasteiger charge is 2.32. The lowest BCUT2D eigenvalue weighted by molar-refractivity contribution is 0.0979. The number of aryl methyl sites for hydroxylation is 1. The van der Waals surface area contributed by atoms with Gasteiger partial charge in [0.1, 0.15) is 5.56 Å². The summed E-state index contributed by atoms with van der Waals surface area (Å²) >= 11 is 0. The number of fused-ring (bicyclic) bond motifs is 1. The van der Waals surface area contributed by atoms with Crippen LogP contribution >= 0.6 is 0 Å². The number of pyridine rings is 1. The Hall–Kier alpha value is -3.14. The smallest absolute Gasteiger partial charge is 0.264 e. The summed E-state index contributed by atoms with van der Waals surface area (Å²) in [7, 11) is 0. The molecule has 2 aromatic carbocycles. The van der Waals surface area contributed by atoms with E-state index in [2.05, 4.69) is 0 Å². The summed E-state index contributed by atoms with van der Waals surface area (Å²) in [5.41, 5.74) is 4.23. The number of hydrogen-bond acceptors (Lipinski definition) is 2. The Bertz CT molecular complexity index is 1050. The van der Waals surface area contributed by atoms with E-state index in [0.717, 1.165) is 23.2 Å². The van der Waals surface area contributed by atoms with Crippen LogP contribution < -0.4 is 10.5 Å². The van der Waals surface area contributed by atoms with E-state index in [9.17, 15) is 9.59 Å². The second-order valence-electron chi connectivity index (χ2n) is 7.20. The molecular weight excluding hydrogens is 336 g/mol. The largest absolute Gasteiger partial charge is 0.310 e. The highest BCUT2D eigenvalue weighted by Crippen LogP contribution is 2.32. The van der Waals surface area contributed by atoms with Gasteiger partial charge >= 0.3 is 0 Å². The standard InChI is InChI=1S/C23H22N2O2/c1-16-9-11-18(12-10-16)15-24-13-5-7-20(22(24)26)23(27)25-17(2)14-19-6-3-4-8-21(19)25/h3-13,17H,14-15H2,1-2H3/t17-/m1/s1. The normalized spacial score (nSPS) is 15.6. The van der Waals surface area contributed by atoms with Crippen molar-refractivity contribution in [3.63, 3.8) is 0 Å². The maximum Gasteiger partial charge on any atom is 0.264 e. The molecule has 2 heterocycles. The lowest BCUT2D eigenvalue weighted by Crippen LogP contribution is -2.39. The molecule has 1 aliphatic rings. The van der Waals surface area contributed by atoms with Crippen molar-refractivity contribution in [2.24, 2.45) is 0 Å². The first-order chi connectivity index (χ1) is 13.0. The highest BCUT2D eigenvalue weighted by molar-refractivity contribution is 6.07. The lowest BCUT2D eigenvalue weighted by Gasteiger charge is -2.22. The first kappa shape index (κ1) is 17.3. The third-order valence-corrected chi connectivity index (χ3v) is 5.15. The third kappa shape index (κ3) is 3.19. The summed E-state index contributed by atoms with van der Waals surface area (Å²) in [6, 6.07) is 19.4. The summed E-state index contributed by atoms with van der Waals surface area (Å²) in [6.07, 6.45) is 2.55. The number of aromatic nitrogens is 1. The van der Waals surface area contributed by atoms with Gasteiger partial charge in [0.15, 0.2) is 0 Å². The van der Waals surface area contributed by atoms with Gasteiger partial charge in [-0.2, -0.15) is 0 Å². The van der Waals surface area contributed by atoms with Crippen molar-refractivity contribution in [2.75, 3.05) is 4.90 Å². The Morgan fingerprint density at radius 3 is 2.56 bits per heavy atom. The topological polar surface area (TPSA) is 42.3 Å². The van der Waals surface area contributed by atoms with Gasteiger partial charge in [-0.25, -0.2) is 0 Å². The quantitative estimate of drug-likeness (QED) is 0.715. The van der Waals surface area contributed by atoms with Gasteiger partial charge in [-0.3, -0.25) is 9.59 Å². The molecule has 0 saturated carbocycles. The molecule has 0 unspecified atom stereocenters. The molecule has 3 aromatic rings. The highest BCUT2D eigenvalue weighted by atomic mass is 16.2. The van der Waals surface area contributed by atoms with Gasteiger partial charge < -0.3 is 9.47 Å². The number of carbonyl (C=O) groups excluding carboxylic acids is 1. The molecule has 136 valence electrons. The van der Waals surface area contributed by atoms with Crippen LogP contribution in [-0.2, 0) is 13.0 Å². The molecule has 0 N–H and O–H groups in total. The van der Waals surface area contributed by atoms with Crippen LogP contribution in [0.4, 0.5) is 5.69 Å². The molecular formula is C23H22N2O2. The zero-order chi connectivity index (χ0) is 19.0. The minimum Gasteiger partial charge on any atom is -0.310 e. The van der Waals surface area contributed by atoms with Gasteiger partial charge in [0.2, 0.25) is 0 Å². The fourth-order valence-electron chi connectivity index (χ4n) is 3.72. The number of anilines is 1. The number of benzene rings is 2. The first-order valence-corrected chi connectivity index (χ1v) is 9.21. The average molecular weight is 358 g/mol. The molecule has 0 fully saturated rings. The molecule has 1 atom stereocenters. The zero-order valence-electron chi connectivity index (χ0n) is 15.6. The SMILES string of the molecule is Cc1ccc(Cn2cccc(C(=O)N3c4ccccc4C[C@H]3C)c2=O)cc1. The predicted molar refractivity (Wildman–Crippen MR) is 107 cm³/mol. The van der Waals surface area contributed by atoms with Crippen LogP contribution in [0.3, 0.4) is 0 Å². The molecule has 0 bridgehead atoms. The number of nitrogens with zero attached hydrogens (tertiary/aromatic N) is 2. The van der Waals surface area contributed by atoms with Crippen LogP contribution in [0.25, 0.3) is 0 Å². The molecule has 0 spiro atoms. The Balaban J connectivity index is 1.67. The molecule has 4 heteroatoms. The molecule has 1 amide bonds. The minimum absolute atomic E-state index is 0.0417. The Labute approximate surface area is 158 Å². The molecule has 27 heavy (non-hydrogen) atoms. The van der Waals surface area contributed by atoms with E-state index in [1.54, 1.807) is 27.8 Å². The van der Waals surface area contributed by atoms with Crippen LogP contribution in [0, 0.1) is 6.92 Å². The van der Waals surface area contributed by atoms with E-state index in [-0.39, 0.29) is 23.1 Å². The second-order valence-corrected chi connectivity index (χ2v) is 7.20. The van der Waals surface area contributed by atoms with Crippen molar-refractivity contribution in [2.45, 2.75) is 32.9 Å². The summed E-state index contributed by atoms with van der Waals surface area (Å²) in [6.45, 7) is 4.50. The number of para-hydroxylation sites is 1. The van der Waals surface area contributed by atoms with Crippen molar-refractivity contribution in [3.05, 3.63) is 99.5 Å². The number of hydrogen-bond donors (Lipinski definition) is 0. The van der Waals surface area contributed by atoms with Crippen molar-refractivity contribution in [1.82, 2.24) is 4.57 Å². The fourth-order valence-corrected chi connectivity index (χ4v) is 3.72. The number of carbonyl (C=O) groups is 1. The first-order valence-electron chi connectivity index (χ1n) is 9.21. The minimum atomic E-state index is -0.250. The fraction of sp³-hybridized carbons (Fsp3) is 0.217. The van der Waals surface area contributed by atoms with Crippen molar-refractivity contribution in [3.8, 4) is 0 Å². The maximum absolute atomic E-state index is 13.2. The van der Waals surface area contributed by atoms with E-state index >= 15 is 0 Å². The lowest BCUT2D eigenvalue weighted by atomic mass is 10.1. The average Bonchev–Trinajstić information content (AvgIpc) is 3.00. The number of amides is 1. The molecule has 1 aromatic heterocycles. The summed E-state index contributed by atoms with van der Waals surface area (Å²) < 4.78 is 1.60. The van der Waals surface area contributed by atoms with Gasteiger partial charge in [-0.15, -0.1) is 0 Å². The summed E-state index contributed by atoms with van der Waals surface area (Å²) in [4.78, 5) is 27.9. The van der Waals surface area contributed by atoms with Crippen molar-refractivity contribution in [1.29, 1.82) is 0 Å². The van der Waals surface area contributed by atoms with Crippen LogP contribution in [0.2, 0.25) is 0 Å². The summed E-state index contributed by atoms with van der Waals surface area (Å²) in [5.74, 6) is -0.226. The third-order valence-electron chi connectivity index (χ3n) is 5.15. The van der Waals surface area contributed by atoms with Crippen molar-refractivity contribution >= 4 is 11.6 Å². The van der Waals surface area contributed by atoms with E-state index in [0.29, 0.717) is 6.54 Å². The molecule has 1 aliphatic heterocycles. The van der Waals surface area contributed by atoms with Crippen LogP contribution in [0.1, 0.15) is 34.0 Å². The van der Waals surface area contributed by atoms with Crippen molar-refractivity contribution < 1.29 is 4.79 Å². The number of rotatable bonds is 3. The Kier molecular flexibility index (Phi) is 4.40. The predicted octanol–water partition coefficient (Wildman–Crippen LogP) is 3.80. The van der Waals surface area contributed by atoms with E-state index < -0.39 is 0 Å². The van der Waals surface area contributed by atoms with E-state index in [4.69, 9.17) is 0 Å². The van der Waals surface area contributed by atoms with Gasteiger partial charge in [-0.1, -0.05) is 48.0 Å². The van der Waals surface area contributed by atoms with E-state index in [1.807, 2.05) is 62.4 Å². The monoisotopic (exact) mass is 358 g/mol. The molecule has 0 saturated heterocycles. The van der Waals surface area contributed by atoms with Crippen LogP contribution in [0.15, 0.2) is 71.7 Å². The van der Waals surface area contributed by atoms with E-state index in [1.165, 1.54) is 5.56 Å². The van der Waals surface area contributed by atoms with Crippen LogP contribution in [0.5, 0.6) is 0 Å². The van der Waals surface area contributed by atoms with Gasteiger partial charge in [-0.05, 0) is 49.6 Å². The van der Waals surface area contributed by atoms with Crippen LogP contribution in [-0.4, -0.2) is 16.5 Å². The molecule has 4 rings (SSSR count). The maximum atomic E-state index is 13.2.